The van der Waals surface area contributed by atoms with Crippen molar-refractivity contribution >= 4 is 20.2 Å². The fourth-order valence-corrected chi connectivity index (χ4v) is 6.94. The molecular formula is C11H10F4IN3O. The maximum absolute atomic E-state index is 14.0. The monoisotopic (exact) mass is 403 g/mol. The average molecular weight is 403 g/mol. The minimum atomic E-state index is -4.81. The Labute approximate surface area is 119 Å². The molecule has 0 amide bonds. The van der Waals surface area contributed by atoms with E-state index in [4.69, 9.17) is 8.60 Å². The van der Waals surface area contributed by atoms with Gasteiger partial charge in [0.1, 0.15) is 0 Å². The fraction of sp³-hybridized carbons (Fsp3) is 0.455. The molecule has 0 N–H and O–H groups in total. The van der Waals surface area contributed by atoms with Crippen molar-refractivity contribution in [1.82, 2.24) is 0 Å². The number of fused-ring (bicyclic) bond motifs is 1. The standard InChI is InChI=1S/C11H10F4IN3O/c1-9(2)7-5-3-4-6-8(7)16(20-9)10(12,13)11(14,15)18-19-17/h3-6H,1-2H3. The molecule has 1 aromatic carbocycles. The van der Waals surface area contributed by atoms with Gasteiger partial charge in [0, 0.05) is 0 Å². The van der Waals surface area contributed by atoms with Crippen molar-refractivity contribution < 1.29 is 20.6 Å². The van der Waals surface area contributed by atoms with E-state index in [0.717, 1.165) is 0 Å². The van der Waals surface area contributed by atoms with Crippen molar-refractivity contribution in [2.24, 2.45) is 5.11 Å². The van der Waals surface area contributed by atoms with Crippen molar-refractivity contribution in [2.45, 2.75) is 29.4 Å². The minimum absolute atomic E-state index is 0.125. The van der Waals surface area contributed by atoms with Crippen LogP contribution >= 0.6 is 20.2 Å². The number of halogens is 5. The second-order valence-electron chi connectivity index (χ2n) is 4.54. The molecule has 0 radical (unpaired) electrons. The Balaban J connectivity index is 2.53. The van der Waals surface area contributed by atoms with Gasteiger partial charge in [0.25, 0.3) is 0 Å². The van der Waals surface area contributed by atoms with E-state index >= 15 is 0 Å². The van der Waals surface area contributed by atoms with Gasteiger partial charge in [-0.1, -0.05) is 0 Å². The molecule has 0 saturated carbocycles. The third-order valence-corrected chi connectivity index (χ3v) is 8.12. The summed E-state index contributed by atoms with van der Waals surface area (Å²) in [6.07, 6.45) is 0. The Morgan fingerprint density at radius 3 is 2.45 bits per heavy atom. The molecule has 2 rings (SSSR count). The van der Waals surface area contributed by atoms with Gasteiger partial charge in [-0.05, 0) is 0 Å². The molecule has 1 heterocycles. The molecule has 1 aromatic rings. The number of nitrogens with zero attached hydrogens (tertiary/aromatic N) is 3. The van der Waals surface area contributed by atoms with Crippen LogP contribution < -0.4 is 0 Å². The summed E-state index contributed by atoms with van der Waals surface area (Å²) < 4.78 is 55.8. The Kier molecular flexibility index (Phi) is 3.64. The van der Waals surface area contributed by atoms with Crippen LogP contribution in [0.3, 0.4) is 0 Å². The molecule has 9 heteroatoms. The SMILES string of the molecule is CC1(C)OI(C(F)(F)C(F)(F)N=[N+]=[N-])c2ccccc21. The summed E-state index contributed by atoms with van der Waals surface area (Å²) in [6.45, 7) is 3.09. The summed E-state index contributed by atoms with van der Waals surface area (Å²) in [6, 6.07) is 1.27. The first-order chi connectivity index (χ1) is 9.13. The number of azide groups is 1. The number of benzene rings is 1. The van der Waals surface area contributed by atoms with E-state index in [-0.39, 0.29) is 3.57 Å². The maximum atomic E-state index is 14.0. The summed E-state index contributed by atoms with van der Waals surface area (Å²) in [7, 11) is 0. The topological polar surface area (TPSA) is 58.0 Å². The van der Waals surface area contributed by atoms with Crippen LogP contribution in [0.2, 0.25) is 0 Å². The molecule has 0 aromatic heterocycles. The van der Waals surface area contributed by atoms with E-state index in [1.165, 1.54) is 12.1 Å². The summed E-state index contributed by atoms with van der Waals surface area (Å²) >= 11 is -4.03. The van der Waals surface area contributed by atoms with E-state index in [1.807, 2.05) is 5.11 Å². The van der Waals surface area contributed by atoms with E-state index < -0.39 is 35.8 Å². The fourth-order valence-electron chi connectivity index (χ4n) is 1.77. The predicted octanol–water partition coefficient (Wildman–Crippen LogP) is 5.04. The van der Waals surface area contributed by atoms with Gasteiger partial charge in [-0.15, -0.1) is 0 Å². The van der Waals surface area contributed by atoms with Crippen molar-refractivity contribution in [2.75, 3.05) is 0 Å². The molecule has 20 heavy (non-hydrogen) atoms. The van der Waals surface area contributed by atoms with Crippen LogP contribution in [-0.4, -0.2) is 9.98 Å². The molecule has 1 aliphatic rings. The molecule has 0 aliphatic carbocycles. The first-order valence-electron chi connectivity index (χ1n) is 5.44. The van der Waals surface area contributed by atoms with Crippen LogP contribution in [0.15, 0.2) is 29.4 Å². The van der Waals surface area contributed by atoms with Crippen molar-refractivity contribution in [3.63, 3.8) is 0 Å². The summed E-state index contributed by atoms with van der Waals surface area (Å²) in [5.41, 5.74) is 7.44. The molecule has 0 saturated heterocycles. The van der Waals surface area contributed by atoms with Crippen molar-refractivity contribution in [3.8, 4) is 0 Å². The zero-order valence-electron chi connectivity index (χ0n) is 10.4. The Hall–Kier alpha value is -1.06. The molecule has 1 aliphatic heterocycles. The zero-order chi connectivity index (χ0) is 15.2. The molecule has 0 unspecified atom stereocenters. The molecule has 0 atom stereocenters. The van der Waals surface area contributed by atoms with Gasteiger partial charge in [-0.2, -0.15) is 0 Å². The predicted molar refractivity (Wildman–Crippen MR) is 72.3 cm³/mol. The summed E-state index contributed by atoms with van der Waals surface area (Å²) in [4.78, 5) is 1.80. The zero-order valence-corrected chi connectivity index (χ0v) is 12.6. The Morgan fingerprint density at radius 1 is 1.25 bits per heavy atom. The number of hydrogen-bond donors (Lipinski definition) is 0. The molecule has 0 spiro atoms. The first kappa shape index (κ1) is 15.3. The molecule has 0 bridgehead atoms. The molecule has 110 valence electrons. The first-order valence-corrected chi connectivity index (χ1v) is 8.48. The third kappa shape index (κ3) is 2.23. The van der Waals surface area contributed by atoms with Crippen LogP contribution in [0.4, 0.5) is 17.6 Å². The molecule has 0 fully saturated rings. The van der Waals surface area contributed by atoms with Gasteiger partial charge in [-0.3, -0.25) is 0 Å². The van der Waals surface area contributed by atoms with E-state index in [2.05, 4.69) is 0 Å². The van der Waals surface area contributed by atoms with Crippen LogP contribution in [-0.2, 0) is 8.67 Å². The van der Waals surface area contributed by atoms with Gasteiger partial charge in [-0.25, -0.2) is 0 Å². The average Bonchev–Trinajstić information content (AvgIpc) is 2.62. The Morgan fingerprint density at radius 2 is 1.85 bits per heavy atom. The van der Waals surface area contributed by atoms with Crippen LogP contribution in [0.5, 0.6) is 0 Å². The normalized spacial score (nSPS) is 19.4. The quantitative estimate of drug-likeness (QED) is 0.133. The number of rotatable bonds is 3. The van der Waals surface area contributed by atoms with Crippen LogP contribution in [0.25, 0.3) is 10.4 Å². The third-order valence-electron chi connectivity index (χ3n) is 2.70. The number of hydrogen-bond acceptors (Lipinski definition) is 2. The van der Waals surface area contributed by atoms with Gasteiger partial charge in [0.15, 0.2) is 0 Å². The van der Waals surface area contributed by atoms with Gasteiger partial charge in [0.2, 0.25) is 0 Å². The molecular weight excluding hydrogens is 393 g/mol. The number of alkyl halides is 5. The van der Waals surface area contributed by atoms with Crippen molar-refractivity contribution in [1.29, 1.82) is 0 Å². The van der Waals surface area contributed by atoms with E-state index in [0.29, 0.717) is 5.56 Å². The van der Waals surface area contributed by atoms with Gasteiger partial charge >= 0.3 is 119 Å². The van der Waals surface area contributed by atoms with Crippen molar-refractivity contribution in [3.05, 3.63) is 43.8 Å². The van der Waals surface area contributed by atoms with Gasteiger partial charge < -0.3 is 0 Å². The van der Waals surface area contributed by atoms with Gasteiger partial charge in [0.05, 0.1) is 0 Å². The molecule has 4 nitrogen and oxygen atoms in total. The Bertz CT molecular complexity index is 587. The van der Waals surface area contributed by atoms with Crippen LogP contribution in [0.1, 0.15) is 19.4 Å². The van der Waals surface area contributed by atoms with Crippen LogP contribution in [0, 0.1) is 3.57 Å². The van der Waals surface area contributed by atoms with E-state index in [9.17, 15) is 17.6 Å². The summed E-state index contributed by atoms with van der Waals surface area (Å²) in [5, 5.41) is 1.95. The van der Waals surface area contributed by atoms with E-state index in [1.54, 1.807) is 30.9 Å². The summed E-state index contributed by atoms with van der Waals surface area (Å²) in [5.74, 6) is 0. The second kappa shape index (κ2) is 4.74. The second-order valence-corrected chi connectivity index (χ2v) is 8.92.